The molecule has 2 aliphatic rings. The molecule has 2 N–H and O–H groups in total. The van der Waals surface area contributed by atoms with Gasteiger partial charge < -0.3 is 10.6 Å². The van der Waals surface area contributed by atoms with Crippen LogP contribution < -0.4 is 10.6 Å². The zero-order valence-electron chi connectivity index (χ0n) is 17.4. The molecule has 1 amide bonds. The number of nitrogens with one attached hydrogen (secondary N) is 2. The van der Waals surface area contributed by atoms with Crippen LogP contribution in [0.25, 0.3) is 0 Å². The second-order valence-corrected chi connectivity index (χ2v) is 9.97. The number of rotatable bonds is 4. The van der Waals surface area contributed by atoms with Gasteiger partial charge >= 0.3 is 0 Å². The van der Waals surface area contributed by atoms with Gasteiger partial charge in [0.05, 0.1) is 5.92 Å². The van der Waals surface area contributed by atoms with Gasteiger partial charge in [0.2, 0.25) is 0 Å². The average molecular weight is 465 g/mol. The smallest absolute Gasteiger partial charge is 0.254 e. The molecule has 1 aliphatic heterocycles. The fraction of sp³-hybridized carbons (Fsp3) is 0.200. The lowest BCUT2D eigenvalue weighted by Gasteiger charge is -2.36. The van der Waals surface area contributed by atoms with Crippen LogP contribution in [-0.4, -0.2) is 11.7 Å². The lowest BCUT2D eigenvalue weighted by atomic mass is 9.74. The molecule has 0 spiro atoms. The highest BCUT2D eigenvalue weighted by atomic mass is 32.1. The van der Waals surface area contributed by atoms with E-state index < -0.39 is 11.7 Å². The minimum absolute atomic E-state index is 0.0686. The number of dihydropyridines is 1. The summed E-state index contributed by atoms with van der Waals surface area (Å²) >= 11 is 3.20. The summed E-state index contributed by atoms with van der Waals surface area (Å²) in [6.45, 7) is 1.87. The molecule has 3 heterocycles. The largest absolute Gasteiger partial charge is 0.362 e. The Labute approximate surface area is 193 Å². The number of carbonyl (C=O) groups is 2. The summed E-state index contributed by atoms with van der Waals surface area (Å²) in [6.07, 6.45) is 1.17. The van der Waals surface area contributed by atoms with Gasteiger partial charge in [0.25, 0.3) is 5.91 Å². The Kier molecular flexibility index (Phi) is 5.53. The Hall–Kier alpha value is -3.03. The Morgan fingerprint density at radius 1 is 1.06 bits per heavy atom. The minimum Gasteiger partial charge on any atom is -0.362 e. The van der Waals surface area contributed by atoms with Gasteiger partial charge in [-0.1, -0.05) is 18.2 Å². The monoisotopic (exact) mass is 464 g/mol. The van der Waals surface area contributed by atoms with Crippen molar-refractivity contribution in [2.24, 2.45) is 0 Å². The predicted molar refractivity (Wildman–Crippen MR) is 126 cm³/mol. The fourth-order valence-corrected chi connectivity index (χ4v) is 6.24. The summed E-state index contributed by atoms with van der Waals surface area (Å²) in [4.78, 5) is 28.9. The molecule has 2 atom stereocenters. The molecule has 0 saturated carbocycles. The van der Waals surface area contributed by atoms with Crippen LogP contribution in [0.2, 0.25) is 0 Å². The number of amides is 1. The molecule has 5 rings (SSSR count). The number of benzene rings is 1. The molecule has 0 radical (unpaired) electrons. The van der Waals surface area contributed by atoms with Crippen LogP contribution in [0.15, 0.2) is 81.8 Å². The maximum atomic E-state index is 13.6. The highest BCUT2D eigenvalue weighted by Gasteiger charge is 2.41. The summed E-state index contributed by atoms with van der Waals surface area (Å²) in [7, 11) is 0. The third-order valence-electron chi connectivity index (χ3n) is 5.93. The van der Waals surface area contributed by atoms with E-state index in [-0.39, 0.29) is 17.6 Å². The standard InChI is InChI=1S/C25H21FN2O2S2/c1-14-22(25(30)28-17-6-2-5-16(26)13-17)24(21-8-4-10-32-21)23-18(27-14)11-15(12-19(23)29)20-7-3-9-31-20/h2-10,13,15,24,27H,11-12H2,1H3,(H,28,30)/t15-,24-/m0/s1. The lowest BCUT2D eigenvalue weighted by molar-refractivity contribution is -0.116. The van der Waals surface area contributed by atoms with E-state index in [2.05, 4.69) is 16.7 Å². The summed E-state index contributed by atoms with van der Waals surface area (Å²) in [6, 6.07) is 13.8. The molecule has 2 aromatic heterocycles. The van der Waals surface area contributed by atoms with Gasteiger partial charge in [-0.2, -0.15) is 0 Å². The first-order valence-corrected chi connectivity index (χ1v) is 12.1. The first kappa shape index (κ1) is 20.8. The van der Waals surface area contributed by atoms with Gasteiger partial charge in [-0.3, -0.25) is 9.59 Å². The van der Waals surface area contributed by atoms with Crippen molar-refractivity contribution >= 4 is 40.1 Å². The summed E-state index contributed by atoms with van der Waals surface area (Å²) in [5, 5.41) is 10.2. The van der Waals surface area contributed by atoms with Gasteiger partial charge in [0, 0.05) is 50.3 Å². The predicted octanol–water partition coefficient (Wildman–Crippen LogP) is 5.95. The van der Waals surface area contributed by atoms with Gasteiger partial charge in [0.1, 0.15) is 5.82 Å². The van der Waals surface area contributed by atoms with Gasteiger partial charge in [-0.05, 0) is 54.4 Å². The summed E-state index contributed by atoms with van der Waals surface area (Å²) in [5.41, 5.74) is 3.18. The lowest BCUT2D eigenvalue weighted by Crippen LogP contribution is -2.36. The van der Waals surface area contributed by atoms with E-state index in [4.69, 9.17) is 0 Å². The number of ketones is 1. The summed E-state index contributed by atoms with van der Waals surface area (Å²) < 4.78 is 13.6. The molecule has 0 bridgehead atoms. The zero-order valence-corrected chi connectivity index (χ0v) is 19.0. The fourth-order valence-electron chi connectivity index (χ4n) is 4.57. The van der Waals surface area contributed by atoms with Crippen LogP contribution in [0, 0.1) is 5.82 Å². The van der Waals surface area contributed by atoms with Crippen molar-refractivity contribution < 1.29 is 14.0 Å². The molecule has 0 saturated heterocycles. The average Bonchev–Trinajstić information content (AvgIpc) is 3.47. The van der Waals surface area contributed by atoms with E-state index in [1.165, 1.54) is 28.3 Å². The van der Waals surface area contributed by atoms with Crippen LogP contribution >= 0.6 is 22.7 Å². The van der Waals surface area contributed by atoms with E-state index in [1.807, 2.05) is 35.9 Å². The third kappa shape index (κ3) is 3.82. The molecule has 7 heteroatoms. The second-order valence-electron chi connectivity index (χ2n) is 8.01. The topological polar surface area (TPSA) is 58.2 Å². The maximum Gasteiger partial charge on any atom is 0.254 e. The minimum atomic E-state index is -0.434. The van der Waals surface area contributed by atoms with E-state index in [1.54, 1.807) is 23.5 Å². The zero-order chi connectivity index (χ0) is 22.2. The van der Waals surface area contributed by atoms with E-state index in [0.29, 0.717) is 23.3 Å². The van der Waals surface area contributed by atoms with Crippen molar-refractivity contribution in [1.29, 1.82) is 0 Å². The molecule has 0 unspecified atom stereocenters. The number of thiophene rings is 2. The Morgan fingerprint density at radius 2 is 1.81 bits per heavy atom. The third-order valence-corrected chi connectivity index (χ3v) is 7.90. The van der Waals surface area contributed by atoms with Crippen molar-refractivity contribution in [3.05, 3.63) is 97.4 Å². The highest BCUT2D eigenvalue weighted by Crippen LogP contribution is 2.47. The Bertz CT molecular complexity index is 1240. The molecule has 4 nitrogen and oxygen atoms in total. The molecule has 3 aromatic rings. The quantitative estimate of drug-likeness (QED) is 0.502. The van der Waals surface area contributed by atoms with Crippen molar-refractivity contribution in [3.63, 3.8) is 0 Å². The SMILES string of the molecule is CC1=C(C(=O)Nc2cccc(F)c2)[C@H](c2cccs2)C2=C(C[C@H](c3cccs3)CC2=O)N1. The Morgan fingerprint density at radius 3 is 2.50 bits per heavy atom. The number of hydrogen-bond acceptors (Lipinski definition) is 5. The van der Waals surface area contributed by atoms with Gasteiger partial charge in [0.15, 0.2) is 5.78 Å². The van der Waals surface area contributed by atoms with Gasteiger partial charge in [-0.25, -0.2) is 4.39 Å². The van der Waals surface area contributed by atoms with Crippen LogP contribution in [0.4, 0.5) is 10.1 Å². The second kappa shape index (κ2) is 8.48. The first-order chi connectivity index (χ1) is 15.5. The first-order valence-electron chi connectivity index (χ1n) is 10.4. The Balaban J connectivity index is 1.53. The molecule has 1 aliphatic carbocycles. The molecular weight excluding hydrogens is 443 g/mol. The number of hydrogen-bond donors (Lipinski definition) is 2. The van der Waals surface area contributed by atoms with E-state index in [9.17, 15) is 14.0 Å². The molecular formula is C25H21FN2O2S2. The number of Topliss-reactive ketones (excluding diaryl/α,β-unsaturated/α-hetero) is 1. The van der Waals surface area contributed by atoms with E-state index >= 15 is 0 Å². The number of allylic oxidation sites excluding steroid dienone is 3. The molecule has 1 aromatic carbocycles. The van der Waals surface area contributed by atoms with Crippen molar-refractivity contribution in [2.75, 3.05) is 5.32 Å². The van der Waals surface area contributed by atoms with Crippen molar-refractivity contribution in [1.82, 2.24) is 5.32 Å². The highest BCUT2D eigenvalue weighted by molar-refractivity contribution is 7.10. The summed E-state index contributed by atoms with van der Waals surface area (Å²) in [5.74, 6) is -0.972. The number of carbonyl (C=O) groups excluding carboxylic acids is 2. The number of anilines is 1. The van der Waals surface area contributed by atoms with Crippen molar-refractivity contribution in [3.8, 4) is 0 Å². The maximum absolute atomic E-state index is 13.6. The molecule has 0 fully saturated rings. The van der Waals surface area contributed by atoms with E-state index in [0.717, 1.165) is 22.7 Å². The molecule has 162 valence electrons. The van der Waals surface area contributed by atoms with Crippen LogP contribution in [0.1, 0.15) is 41.4 Å². The van der Waals surface area contributed by atoms with Crippen molar-refractivity contribution in [2.45, 2.75) is 31.6 Å². The van der Waals surface area contributed by atoms with Gasteiger partial charge in [-0.15, -0.1) is 22.7 Å². The normalized spacial score (nSPS) is 20.8. The molecule has 32 heavy (non-hydrogen) atoms. The van der Waals surface area contributed by atoms with Crippen LogP contribution in [0.3, 0.4) is 0 Å². The number of halogens is 1. The van der Waals surface area contributed by atoms with Crippen LogP contribution in [-0.2, 0) is 9.59 Å². The van der Waals surface area contributed by atoms with Crippen LogP contribution in [0.5, 0.6) is 0 Å².